The van der Waals surface area contributed by atoms with E-state index in [4.69, 9.17) is 0 Å². The zero-order valence-corrected chi connectivity index (χ0v) is 10.3. The van der Waals surface area contributed by atoms with Gasteiger partial charge in [-0.3, -0.25) is 4.79 Å². The third kappa shape index (κ3) is 2.30. The zero-order chi connectivity index (χ0) is 13.2. The highest BCUT2D eigenvalue weighted by atomic mass is 16.1. The van der Waals surface area contributed by atoms with Crippen molar-refractivity contribution in [1.29, 1.82) is 0 Å². The van der Waals surface area contributed by atoms with E-state index in [0.717, 1.165) is 22.6 Å². The Morgan fingerprint density at radius 3 is 2.68 bits per heavy atom. The number of hydrogen-bond donors (Lipinski definition) is 2. The second-order valence-corrected chi connectivity index (χ2v) is 4.22. The number of carbonyl (C=O) groups is 1. The molecule has 1 aromatic carbocycles. The summed E-state index contributed by atoms with van der Waals surface area (Å²) >= 11 is 0. The molecule has 2 aromatic heterocycles. The average molecular weight is 252 g/mol. The van der Waals surface area contributed by atoms with Crippen LogP contribution in [0.4, 0.5) is 5.69 Å². The van der Waals surface area contributed by atoms with Gasteiger partial charge in [0.15, 0.2) is 5.65 Å². The number of nitrogens with one attached hydrogen (secondary N) is 2. The minimum absolute atomic E-state index is 0.0827. The van der Waals surface area contributed by atoms with E-state index in [1.54, 1.807) is 6.20 Å². The Morgan fingerprint density at radius 1 is 1.21 bits per heavy atom. The van der Waals surface area contributed by atoms with E-state index in [1.165, 1.54) is 6.92 Å². The molecule has 0 unspecified atom stereocenters. The van der Waals surface area contributed by atoms with Crippen LogP contribution in [-0.4, -0.2) is 20.9 Å². The Labute approximate surface area is 109 Å². The van der Waals surface area contributed by atoms with Crippen LogP contribution in [0.1, 0.15) is 6.92 Å². The van der Waals surface area contributed by atoms with Crippen molar-refractivity contribution in [3.63, 3.8) is 0 Å². The molecule has 2 heterocycles. The number of aromatic nitrogens is 3. The van der Waals surface area contributed by atoms with Crippen LogP contribution in [0.15, 0.2) is 42.6 Å². The smallest absolute Gasteiger partial charge is 0.221 e. The summed E-state index contributed by atoms with van der Waals surface area (Å²) in [4.78, 5) is 22.8. The van der Waals surface area contributed by atoms with Gasteiger partial charge >= 0.3 is 0 Å². The maximum Gasteiger partial charge on any atom is 0.221 e. The molecule has 0 radical (unpaired) electrons. The molecule has 0 fully saturated rings. The number of anilines is 1. The summed E-state index contributed by atoms with van der Waals surface area (Å²) in [6.45, 7) is 1.48. The predicted octanol–water partition coefficient (Wildman–Crippen LogP) is 2.58. The fourth-order valence-corrected chi connectivity index (χ4v) is 1.90. The Balaban J connectivity index is 1.95. The van der Waals surface area contributed by atoms with Gasteiger partial charge in [-0.15, -0.1) is 0 Å². The van der Waals surface area contributed by atoms with Gasteiger partial charge in [0, 0.05) is 24.4 Å². The maximum atomic E-state index is 10.9. The number of amides is 1. The van der Waals surface area contributed by atoms with Crippen molar-refractivity contribution >= 4 is 22.8 Å². The second-order valence-electron chi connectivity index (χ2n) is 4.22. The molecule has 3 aromatic rings. The van der Waals surface area contributed by atoms with E-state index in [0.29, 0.717) is 5.65 Å². The van der Waals surface area contributed by atoms with Crippen molar-refractivity contribution in [2.45, 2.75) is 6.92 Å². The summed E-state index contributed by atoms with van der Waals surface area (Å²) in [6.07, 6.45) is 1.72. The number of hydrogen-bond acceptors (Lipinski definition) is 3. The van der Waals surface area contributed by atoms with Crippen molar-refractivity contribution < 1.29 is 4.79 Å². The Bertz CT molecular complexity index is 698. The fraction of sp³-hybridized carbons (Fsp3) is 0.0714. The summed E-state index contributed by atoms with van der Waals surface area (Å²) in [5.74, 6) is 0.684. The highest BCUT2D eigenvalue weighted by Crippen LogP contribution is 2.21. The number of nitrogens with zero attached hydrogens (tertiary/aromatic N) is 2. The lowest BCUT2D eigenvalue weighted by Gasteiger charge is -2.02. The fourth-order valence-electron chi connectivity index (χ4n) is 1.90. The molecule has 19 heavy (non-hydrogen) atoms. The van der Waals surface area contributed by atoms with Gasteiger partial charge in [-0.1, -0.05) is 0 Å². The Morgan fingerprint density at radius 2 is 2.00 bits per heavy atom. The molecule has 0 bridgehead atoms. The molecule has 1 amide bonds. The summed E-state index contributed by atoms with van der Waals surface area (Å²) < 4.78 is 0. The van der Waals surface area contributed by atoms with Crippen LogP contribution in [0.25, 0.3) is 22.6 Å². The number of aromatic amines is 1. The van der Waals surface area contributed by atoms with Crippen LogP contribution >= 0.6 is 0 Å². The van der Waals surface area contributed by atoms with Crippen LogP contribution in [0.3, 0.4) is 0 Å². The maximum absolute atomic E-state index is 10.9. The van der Waals surface area contributed by atoms with Crippen LogP contribution in [0.5, 0.6) is 0 Å². The van der Waals surface area contributed by atoms with E-state index in [1.807, 2.05) is 36.4 Å². The van der Waals surface area contributed by atoms with Gasteiger partial charge in [-0.2, -0.15) is 0 Å². The van der Waals surface area contributed by atoms with Crippen molar-refractivity contribution in [3.8, 4) is 11.4 Å². The first kappa shape index (κ1) is 11.4. The second kappa shape index (κ2) is 4.53. The van der Waals surface area contributed by atoms with Crippen LogP contribution in [0, 0.1) is 0 Å². The third-order valence-corrected chi connectivity index (χ3v) is 2.74. The van der Waals surface area contributed by atoms with Crippen LogP contribution in [-0.2, 0) is 4.79 Å². The molecule has 5 nitrogen and oxygen atoms in total. The number of imidazole rings is 1. The molecule has 3 rings (SSSR count). The molecule has 5 heteroatoms. The van der Waals surface area contributed by atoms with E-state index in [2.05, 4.69) is 20.3 Å². The summed E-state index contributed by atoms with van der Waals surface area (Å²) in [6, 6.07) is 11.3. The van der Waals surface area contributed by atoms with Gasteiger partial charge in [0.1, 0.15) is 5.82 Å². The first-order valence-electron chi connectivity index (χ1n) is 5.91. The number of pyridine rings is 1. The molecule has 94 valence electrons. The lowest BCUT2D eigenvalue weighted by Crippen LogP contribution is -2.05. The zero-order valence-electron chi connectivity index (χ0n) is 10.3. The van der Waals surface area contributed by atoms with Crippen LogP contribution < -0.4 is 5.32 Å². The SMILES string of the molecule is CC(=O)Nc1ccc(-c2nc3ncccc3[nH]2)cc1. The Kier molecular flexibility index (Phi) is 2.72. The normalized spacial score (nSPS) is 10.6. The highest BCUT2D eigenvalue weighted by Gasteiger charge is 2.05. The standard InChI is InChI=1S/C14H12N4O/c1-9(19)16-11-6-4-10(5-7-11)13-17-12-3-2-8-15-14(12)18-13/h2-8H,1H3,(H,16,19)(H,15,17,18). The molecule has 0 atom stereocenters. The van der Waals surface area contributed by atoms with Gasteiger partial charge < -0.3 is 10.3 Å². The van der Waals surface area contributed by atoms with Gasteiger partial charge in [0.05, 0.1) is 5.52 Å². The number of benzene rings is 1. The molecule has 0 aliphatic rings. The number of carbonyl (C=O) groups excluding carboxylic acids is 1. The summed E-state index contributed by atoms with van der Waals surface area (Å²) in [5.41, 5.74) is 3.32. The molecule has 0 aliphatic carbocycles. The summed E-state index contributed by atoms with van der Waals surface area (Å²) in [5, 5.41) is 2.73. The summed E-state index contributed by atoms with van der Waals surface area (Å²) in [7, 11) is 0. The molecule has 2 N–H and O–H groups in total. The number of rotatable bonds is 2. The van der Waals surface area contributed by atoms with Gasteiger partial charge in [0.2, 0.25) is 5.91 Å². The highest BCUT2D eigenvalue weighted by molar-refractivity contribution is 5.89. The topological polar surface area (TPSA) is 70.7 Å². The Hall–Kier alpha value is -2.69. The van der Waals surface area contributed by atoms with Gasteiger partial charge in [-0.05, 0) is 36.4 Å². The van der Waals surface area contributed by atoms with Crippen molar-refractivity contribution in [1.82, 2.24) is 15.0 Å². The quantitative estimate of drug-likeness (QED) is 0.736. The number of fused-ring (bicyclic) bond motifs is 1. The van der Waals surface area contributed by atoms with Gasteiger partial charge in [-0.25, -0.2) is 9.97 Å². The predicted molar refractivity (Wildman–Crippen MR) is 73.6 cm³/mol. The van der Waals surface area contributed by atoms with Crippen LogP contribution in [0.2, 0.25) is 0 Å². The molecule has 0 saturated carbocycles. The van der Waals surface area contributed by atoms with Crippen molar-refractivity contribution in [2.24, 2.45) is 0 Å². The third-order valence-electron chi connectivity index (χ3n) is 2.74. The molecular weight excluding hydrogens is 240 g/mol. The van der Waals surface area contributed by atoms with Crippen molar-refractivity contribution in [3.05, 3.63) is 42.6 Å². The van der Waals surface area contributed by atoms with E-state index >= 15 is 0 Å². The first-order valence-corrected chi connectivity index (χ1v) is 5.91. The van der Waals surface area contributed by atoms with E-state index in [-0.39, 0.29) is 5.91 Å². The molecular formula is C14H12N4O. The average Bonchev–Trinajstić information content (AvgIpc) is 2.82. The van der Waals surface area contributed by atoms with Crippen molar-refractivity contribution in [2.75, 3.05) is 5.32 Å². The monoisotopic (exact) mass is 252 g/mol. The van der Waals surface area contributed by atoms with E-state index < -0.39 is 0 Å². The lowest BCUT2D eigenvalue weighted by molar-refractivity contribution is -0.114. The number of H-pyrrole nitrogens is 1. The molecule has 0 spiro atoms. The minimum atomic E-state index is -0.0827. The lowest BCUT2D eigenvalue weighted by atomic mass is 10.2. The molecule has 0 aliphatic heterocycles. The van der Waals surface area contributed by atoms with Gasteiger partial charge in [0.25, 0.3) is 0 Å². The largest absolute Gasteiger partial charge is 0.337 e. The first-order chi connectivity index (χ1) is 9.22. The minimum Gasteiger partial charge on any atom is -0.337 e. The van der Waals surface area contributed by atoms with E-state index in [9.17, 15) is 4.79 Å². The molecule has 0 saturated heterocycles.